The van der Waals surface area contributed by atoms with E-state index in [1.807, 2.05) is 40.6 Å². The van der Waals surface area contributed by atoms with Gasteiger partial charge in [-0.25, -0.2) is 9.78 Å². The van der Waals surface area contributed by atoms with E-state index in [4.69, 9.17) is 14.8 Å². The number of nitrogens with zero attached hydrogens (tertiary/aromatic N) is 2. The second-order valence-electron chi connectivity index (χ2n) is 7.28. The van der Waals surface area contributed by atoms with Gasteiger partial charge in [-0.1, -0.05) is 30.3 Å². The van der Waals surface area contributed by atoms with Crippen LogP contribution in [0.2, 0.25) is 0 Å². The lowest BCUT2D eigenvalue weighted by Gasteiger charge is -2.42. The van der Waals surface area contributed by atoms with Gasteiger partial charge in [-0.05, 0) is 66.1 Å². The molecule has 1 aliphatic rings. The standard InChI is InChI=1S/C23H21IN2O4S/c24-23(19-15-31-21(25-19)16-8-10-17(11-9-16)22(28)29)12-4-5-13-26(23)20(27)14-30-18-6-2-1-3-7-18/h1-3,6-11,15H,4-5,12-14H2,(H,28,29). The van der Waals surface area contributed by atoms with Crippen LogP contribution in [0.25, 0.3) is 10.6 Å². The number of carboxylic acids is 1. The molecule has 1 fully saturated rings. The van der Waals surface area contributed by atoms with Crippen molar-refractivity contribution in [1.29, 1.82) is 0 Å². The van der Waals surface area contributed by atoms with Gasteiger partial charge in [0.2, 0.25) is 0 Å². The maximum Gasteiger partial charge on any atom is 0.335 e. The molecule has 1 atom stereocenters. The number of alkyl halides is 1. The van der Waals surface area contributed by atoms with Crippen molar-refractivity contribution in [2.75, 3.05) is 13.2 Å². The molecule has 3 aromatic rings. The fourth-order valence-electron chi connectivity index (χ4n) is 3.61. The number of piperidine rings is 1. The summed E-state index contributed by atoms with van der Waals surface area (Å²) in [5, 5.41) is 11.9. The molecule has 0 bridgehead atoms. The van der Waals surface area contributed by atoms with Crippen molar-refractivity contribution in [2.45, 2.75) is 22.8 Å². The Kier molecular flexibility index (Phi) is 6.57. The van der Waals surface area contributed by atoms with Crippen LogP contribution in [-0.2, 0) is 8.34 Å². The van der Waals surface area contributed by atoms with Gasteiger partial charge in [-0.3, -0.25) is 4.79 Å². The number of hydrogen-bond donors (Lipinski definition) is 1. The van der Waals surface area contributed by atoms with Crippen molar-refractivity contribution in [1.82, 2.24) is 9.88 Å². The zero-order chi connectivity index (χ0) is 21.8. The number of carbonyl (C=O) groups excluding carboxylic acids is 1. The first-order valence-corrected chi connectivity index (χ1v) is 11.9. The summed E-state index contributed by atoms with van der Waals surface area (Å²) in [5.41, 5.74) is 1.96. The molecule has 0 aliphatic carbocycles. The minimum absolute atomic E-state index is 0.0115. The fourth-order valence-corrected chi connectivity index (χ4v) is 5.88. The molecule has 1 saturated heterocycles. The fraction of sp³-hybridized carbons (Fsp3) is 0.261. The van der Waals surface area contributed by atoms with Gasteiger partial charge in [0, 0.05) is 17.5 Å². The number of para-hydroxylation sites is 1. The van der Waals surface area contributed by atoms with E-state index in [9.17, 15) is 9.59 Å². The molecule has 2 heterocycles. The van der Waals surface area contributed by atoms with E-state index in [0.29, 0.717) is 12.3 Å². The third kappa shape index (κ3) is 4.74. The number of aromatic carboxylic acids is 1. The van der Waals surface area contributed by atoms with Gasteiger partial charge in [-0.15, -0.1) is 11.3 Å². The number of carbonyl (C=O) groups is 2. The lowest BCUT2D eigenvalue weighted by Crippen LogP contribution is -2.50. The number of thiazole rings is 1. The minimum Gasteiger partial charge on any atom is -0.484 e. The largest absolute Gasteiger partial charge is 0.484 e. The quantitative estimate of drug-likeness (QED) is 0.261. The topological polar surface area (TPSA) is 79.7 Å². The first-order chi connectivity index (χ1) is 15.0. The average Bonchev–Trinajstić information content (AvgIpc) is 3.30. The van der Waals surface area contributed by atoms with Crippen LogP contribution in [-0.4, -0.2) is 40.0 Å². The van der Waals surface area contributed by atoms with Gasteiger partial charge < -0.3 is 14.7 Å². The Morgan fingerprint density at radius 2 is 1.87 bits per heavy atom. The van der Waals surface area contributed by atoms with E-state index in [0.717, 1.165) is 35.5 Å². The highest BCUT2D eigenvalue weighted by atomic mass is 127. The first kappa shape index (κ1) is 21.8. The molecule has 31 heavy (non-hydrogen) atoms. The van der Waals surface area contributed by atoms with E-state index in [1.54, 1.807) is 24.3 Å². The molecule has 1 amide bonds. The molecule has 0 spiro atoms. The Balaban J connectivity index is 1.53. The van der Waals surface area contributed by atoms with E-state index in [-0.39, 0.29) is 18.1 Å². The van der Waals surface area contributed by atoms with Crippen LogP contribution in [0.4, 0.5) is 0 Å². The molecule has 160 valence electrons. The van der Waals surface area contributed by atoms with Gasteiger partial charge >= 0.3 is 5.97 Å². The van der Waals surface area contributed by atoms with Gasteiger partial charge in [0.05, 0.1) is 11.3 Å². The summed E-state index contributed by atoms with van der Waals surface area (Å²) in [6.07, 6.45) is 2.80. The number of benzene rings is 2. The highest BCUT2D eigenvalue weighted by molar-refractivity contribution is 14.1. The van der Waals surface area contributed by atoms with Crippen LogP contribution < -0.4 is 4.74 Å². The first-order valence-electron chi connectivity index (χ1n) is 9.94. The van der Waals surface area contributed by atoms with Crippen molar-refractivity contribution in [3.05, 3.63) is 71.2 Å². The third-order valence-electron chi connectivity index (χ3n) is 5.25. The summed E-state index contributed by atoms with van der Waals surface area (Å²) >= 11 is 3.85. The van der Waals surface area contributed by atoms with Crippen LogP contribution in [0.15, 0.2) is 60.0 Å². The second-order valence-corrected chi connectivity index (χ2v) is 9.93. The predicted molar refractivity (Wildman–Crippen MR) is 128 cm³/mol. The Labute approximate surface area is 198 Å². The van der Waals surface area contributed by atoms with Crippen molar-refractivity contribution < 1.29 is 19.4 Å². The molecule has 8 heteroatoms. The predicted octanol–water partition coefficient (Wildman–Crippen LogP) is 5.19. The Morgan fingerprint density at radius 1 is 1.13 bits per heavy atom. The summed E-state index contributed by atoms with van der Waals surface area (Å²) in [7, 11) is 0. The number of ether oxygens (including phenoxy) is 1. The summed E-state index contributed by atoms with van der Waals surface area (Å²) in [6, 6.07) is 16.0. The van der Waals surface area contributed by atoms with Crippen LogP contribution in [0, 0.1) is 0 Å². The van der Waals surface area contributed by atoms with Crippen LogP contribution in [0.5, 0.6) is 5.75 Å². The van der Waals surface area contributed by atoms with Crippen LogP contribution in [0.1, 0.15) is 35.3 Å². The molecule has 0 radical (unpaired) electrons. The third-order valence-corrected chi connectivity index (χ3v) is 7.82. The molecule has 1 unspecified atom stereocenters. The van der Waals surface area contributed by atoms with E-state index < -0.39 is 9.51 Å². The van der Waals surface area contributed by atoms with E-state index in [2.05, 4.69) is 22.6 Å². The van der Waals surface area contributed by atoms with Crippen molar-refractivity contribution in [3.8, 4) is 16.3 Å². The van der Waals surface area contributed by atoms with Gasteiger partial charge in [0.25, 0.3) is 5.91 Å². The second kappa shape index (κ2) is 9.35. The average molecular weight is 548 g/mol. The monoisotopic (exact) mass is 548 g/mol. The van der Waals surface area contributed by atoms with E-state index >= 15 is 0 Å². The van der Waals surface area contributed by atoms with Crippen LogP contribution in [0.3, 0.4) is 0 Å². The molecule has 1 N–H and O–H groups in total. The number of likely N-dealkylation sites (tertiary alicyclic amines) is 1. The zero-order valence-electron chi connectivity index (χ0n) is 16.7. The Hall–Kier alpha value is -2.46. The highest BCUT2D eigenvalue weighted by Gasteiger charge is 2.42. The molecule has 1 aromatic heterocycles. The van der Waals surface area contributed by atoms with Crippen LogP contribution >= 0.6 is 33.9 Å². The lowest BCUT2D eigenvalue weighted by atomic mass is 9.99. The van der Waals surface area contributed by atoms with Crippen molar-refractivity contribution in [3.63, 3.8) is 0 Å². The zero-order valence-corrected chi connectivity index (χ0v) is 19.6. The molecule has 2 aromatic carbocycles. The number of rotatable bonds is 6. The van der Waals surface area contributed by atoms with Gasteiger partial charge in [0.1, 0.15) is 14.3 Å². The molecular weight excluding hydrogens is 527 g/mol. The van der Waals surface area contributed by atoms with Gasteiger partial charge in [-0.2, -0.15) is 0 Å². The molecule has 4 rings (SSSR count). The van der Waals surface area contributed by atoms with Crippen molar-refractivity contribution >= 4 is 45.8 Å². The number of amides is 1. The Bertz CT molecular complexity index is 1070. The molecular formula is C23H21IN2O4S. The summed E-state index contributed by atoms with van der Waals surface area (Å²) in [4.78, 5) is 30.8. The molecule has 6 nitrogen and oxygen atoms in total. The summed E-state index contributed by atoms with van der Waals surface area (Å²) < 4.78 is 5.17. The summed E-state index contributed by atoms with van der Waals surface area (Å²) in [5.74, 6) is -0.336. The van der Waals surface area contributed by atoms with Crippen molar-refractivity contribution in [2.24, 2.45) is 0 Å². The smallest absolute Gasteiger partial charge is 0.335 e. The maximum absolute atomic E-state index is 13.1. The highest BCUT2D eigenvalue weighted by Crippen LogP contribution is 2.44. The SMILES string of the molecule is O=C(O)c1ccc(-c2nc(C3(I)CCCCN3C(=O)COc3ccccc3)cs2)cc1. The number of carboxylic acid groups (broad SMARTS) is 1. The number of aromatic nitrogens is 1. The van der Waals surface area contributed by atoms with E-state index in [1.165, 1.54) is 11.3 Å². The maximum atomic E-state index is 13.1. The normalized spacial score (nSPS) is 18.5. The Morgan fingerprint density at radius 3 is 2.58 bits per heavy atom. The molecule has 0 saturated carbocycles. The summed E-state index contributed by atoms with van der Waals surface area (Å²) in [6.45, 7) is 0.655. The lowest BCUT2D eigenvalue weighted by molar-refractivity contribution is -0.138. The number of hydrogen-bond acceptors (Lipinski definition) is 5. The minimum atomic E-state index is -0.952. The molecule has 1 aliphatic heterocycles. The number of halogens is 1. The van der Waals surface area contributed by atoms with Gasteiger partial charge in [0.15, 0.2) is 6.61 Å².